The number of amides is 1. The maximum atomic E-state index is 12.0. The van der Waals surface area contributed by atoms with Gasteiger partial charge in [-0.25, -0.2) is 0 Å². The minimum atomic E-state index is -0.284. The first-order chi connectivity index (χ1) is 7.69. The normalized spacial score (nSPS) is 22.4. The second kappa shape index (κ2) is 7.17. The average Bonchev–Trinajstić information content (AvgIpc) is 2.74. The number of nitrogens with zero attached hydrogens (tertiary/aromatic N) is 1. The van der Waals surface area contributed by atoms with E-state index in [0.29, 0.717) is 5.92 Å². The molecule has 2 atom stereocenters. The van der Waals surface area contributed by atoms with Gasteiger partial charge in [-0.15, -0.1) is 0 Å². The molecule has 0 aromatic heterocycles. The fourth-order valence-corrected chi connectivity index (χ4v) is 2.77. The van der Waals surface area contributed by atoms with Gasteiger partial charge in [0.25, 0.3) is 0 Å². The molecule has 0 aromatic rings. The topological polar surface area (TPSA) is 46.3 Å². The monoisotopic (exact) mass is 244 g/mol. The molecule has 1 aliphatic rings. The third-order valence-corrected chi connectivity index (χ3v) is 3.89. The standard InChI is InChI=1S/C12H24N2OS/c1-3-4-10-5-7-14(9-10)12(15)11(13)6-8-16-2/h10-11H,3-9,13H2,1-2H3/t10?,11-/m0/s1. The van der Waals surface area contributed by atoms with Crippen LogP contribution >= 0.6 is 11.8 Å². The molecule has 1 rings (SSSR count). The van der Waals surface area contributed by atoms with Crippen molar-refractivity contribution in [3.63, 3.8) is 0 Å². The van der Waals surface area contributed by atoms with Gasteiger partial charge in [-0.3, -0.25) is 4.79 Å². The van der Waals surface area contributed by atoms with Crippen LogP contribution in [-0.2, 0) is 4.79 Å². The molecule has 0 saturated carbocycles. The minimum absolute atomic E-state index is 0.160. The van der Waals surface area contributed by atoms with E-state index in [1.165, 1.54) is 12.8 Å². The lowest BCUT2D eigenvalue weighted by Crippen LogP contribution is -2.43. The predicted molar refractivity (Wildman–Crippen MR) is 70.6 cm³/mol. The summed E-state index contributed by atoms with van der Waals surface area (Å²) in [6.07, 6.45) is 6.46. The summed E-state index contributed by atoms with van der Waals surface area (Å²) in [5, 5.41) is 0. The van der Waals surface area contributed by atoms with Gasteiger partial charge in [0.15, 0.2) is 0 Å². The Balaban J connectivity index is 2.32. The van der Waals surface area contributed by atoms with Gasteiger partial charge in [-0.1, -0.05) is 13.3 Å². The van der Waals surface area contributed by atoms with Gasteiger partial charge < -0.3 is 10.6 Å². The first kappa shape index (κ1) is 13.8. The predicted octanol–water partition coefficient (Wildman–Crippen LogP) is 1.72. The van der Waals surface area contributed by atoms with Crippen LogP contribution in [0.4, 0.5) is 0 Å². The van der Waals surface area contributed by atoms with E-state index >= 15 is 0 Å². The lowest BCUT2D eigenvalue weighted by molar-refractivity contribution is -0.131. The van der Waals surface area contributed by atoms with Crippen LogP contribution in [0, 0.1) is 5.92 Å². The van der Waals surface area contributed by atoms with Crippen LogP contribution in [0.2, 0.25) is 0 Å². The van der Waals surface area contributed by atoms with Crippen molar-refractivity contribution in [2.75, 3.05) is 25.1 Å². The molecular weight excluding hydrogens is 220 g/mol. The molecule has 0 spiro atoms. The van der Waals surface area contributed by atoms with E-state index in [0.717, 1.165) is 31.7 Å². The Morgan fingerprint density at radius 2 is 2.38 bits per heavy atom. The zero-order valence-corrected chi connectivity index (χ0v) is 11.3. The van der Waals surface area contributed by atoms with Crippen LogP contribution < -0.4 is 5.73 Å². The van der Waals surface area contributed by atoms with E-state index in [2.05, 4.69) is 6.92 Å². The third-order valence-electron chi connectivity index (χ3n) is 3.24. The van der Waals surface area contributed by atoms with Crippen LogP contribution in [0.15, 0.2) is 0 Å². The van der Waals surface area contributed by atoms with Crippen molar-refractivity contribution in [1.29, 1.82) is 0 Å². The van der Waals surface area contributed by atoms with Crippen LogP contribution in [0.25, 0.3) is 0 Å². The Morgan fingerprint density at radius 1 is 1.62 bits per heavy atom. The summed E-state index contributed by atoms with van der Waals surface area (Å²) in [6, 6.07) is -0.284. The maximum Gasteiger partial charge on any atom is 0.239 e. The van der Waals surface area contributed by atoms with Gasteiger partial charge in [0.1, 0.15) is 0 Å². The van der Waals surface area contributed by atoms with Crippen molar-refractivity contribution in [1.82, 2.24) is 4.90 Å². The van der Waals surface area contributed by atoms with E-state index in [-0.39, 0.29) is 11.9 Å². The molecule has 4 heteroatoms. The number of likely N-dealkylation sites (tertiary alicyclic amines) is 1. The summed E-state index contributed by atoms with van der Waals surface area (Å²) in [4.78, 5) is 14.0. The Hall–Kier alpha value is -0.220. The van der Waals surface area contributed by atoms with Gasteiger partial charge in [-0.2, -0.15) is 11.8 Å². The van der Waals surface area contributed by atoms with Gasteiger partial charge in [0.2, 0.25) is 5.91 Å². The van der Waals surface area contributed by atoms with Crippen LogP contribution in [-0.4, -0.2) is 41.9 Å². The van der Waals surface area contributed by atoms with Crippen LogP contribution in [0.5, 0.6) is 0 Å². The van der Waals surface area contributed by atoms with Gasteiger partial charge in [0, 0.05) is 13.1 Å². The number of nitrogens with two attached hydrogens (primary N) is 1. The summed E-state index contributed by atoms with van der Waals surface area (Å²) in [5.74, 6) is 1.84. The molecule has 94 valence electrons. The minimum Gasteiger partial charge on any atom is -0.341 e. The number of carbonyl (C=O) groups is 1. The molecule has 16 heavy (non-hydrogen) atoms. The van der Waals surface area contributed by atoms with Crippen molar-refractivity contribution in [2.24, 2.45) is 11.7 Å². The number of hydrogen-bond donors (Lipinski definition) is 1. The van der Waals surface area contributed by atoms with Crippen molar-refractivity contribution in [3.05, 3.63) is 0 Å². The zero-order valence-electron chi connectivity index (χ0n) is 10.4. The van der Waals surface area contributed by atoms with Crippen LogP contribution in [0.1, 0.15) is 32.6 Å². The highest BCUT2D eigenvalue weighted by atomic mass is 32.2. The highest BCUT2D eigenvalue weighted by Gasteiger charge is 2.28. The molecular formula is C12H24N2OS. The van der Waals surface area contributed by atoms with E-state index in [1.54, 1.807) is 11.8 Å². The second-order valence-electron chi connectivity index (χ2n) is 4.62. The molecule has 0 bridgehead atoms. The fourth-order valence-electron chi connectivity index (χ4n) is 2.28. The average molecular weight is 244 g/mol. The van der Waals surface area contributed by atoms with Gasteiger partial charge in [-0.05, 0) is 37.2 Å². The van der Waals surface area contributed by atoms with Crippen LogP contribution in [0.3, 0.4) is 0 Å². The summed E-state index contributed by atoms with van der Waals surface area (Å²) >= 11 is 1.75. The molecule has 1 unspecified atom stereocenters. The molecule has 0 radical (unpaired) electrons. The number of carbonyl (C=O) groups excluding carboxylic acids is 1. The molecule has 1 heterocycles. The van der Waals surface area contributed by atoms with Crippen molar-refractivity contribution < 1.29 is 4.79 Å². The zero-order chi connectivity index (χ0) is 12.0. The summed E-state index contributed by atoms with van der Waals surface area (Å²) in [7, 11) is 0. The summed E-state index contributed by atoms with van der Waals surface area (Å²) in [5.41, 5.74) is 5.90. The second-order valence-corrected chi connectivity index (χ2v) is 5.60. The number of hydrogen-bond acceptors (Lipinski definition) is 3. The number of thioether (sulfide) groups is 1. The Kier molecular flexibility index (Phi) is 6.21. The molecule has 1 aliphatic heterocycles. The summed E-state index contributed by atoms with van der Waals surface area (Å²) < 4.78 is 0. The molecule has 1 fully saturated rings. The largest absolute Gasteiger partial charge is 0.341 e. The Morgan fingerprint density at radius 3 is 3.00 bits per heavy atom. The lowest BCUT2D eigenvalue weighted by atomic mass is 10.0. The SMILES string of the molecule is CCCC1CCN(C(=O)[C@@H](N)CCSC)C1. The van der Waals surface area contributed by atoms with Gasteiger partial charge in [0.05, 0.1) is 6.04 Å². The molecule has 2 N–H and O–H groups in total. The molecule has 1 amide bonds. The first-order valence-electron chi connectivity index (χ1n) is 6.22. The van der Waals surface area contributed by atoms with Crippen molar-refractivity contribution >= 4 is 17.7 Å². The third kappa shape index (κ3) is 3.98. The van der Waals surface area contributed by atoms with Crippen molar-refractivity contribution in [3.8, 4) is 0 Å². The Bertz CT molecular complexity index is 223. The maximum absolute atomic E-state index is 12.0. The number of rotatable bonds is 6. The van der Waals surface area contributed by atoms with Gasteiger partial charge >= 0.3 is 0 Å². The smallest absolute Gasteiger partial charge is 0.239 e. The first-order valence-corrected chi connectivity index (χ1v) is 7.61. The van der Waals surface area contributed by atoms with E-state index in [1.807, 2.05) is 11.2 Å². The van der Waals surface area contributed by atoms with Crippen molar-refractivity contribution in [2.45, 2.75) is 38.6 Å². The molecule has 0 aromatic carbocycles. The summed E-state index contributed by atoms with van der Waals surface area (Å²) in [6.45, 7) is 4.05. The quantitative estimate of drug-likeness (QED) is 0.774. The molecule has 3 nitrogen and oxygen atoms in total. The fraction of sp³-hybridized carbons (Fsp3) is 0.917. The van der Waals surface area contributed by atoms with E-state index in [4.69, 9.17) is 5.73 Å². The molecule has 1 saturated heterocycles. The molecule has 0 aliphatic carbocycles. The Labute approximate surface area is 103 Å². The van der Waals surface area contributed by atoms with E-state index < -0.39 is 0 Å². The van der Waals surface area contributed by atoms with E-state index in [9.17, 15) is 4.79 Å². The highest BCUT2D eigenvalue weighted by molar-refractivity contribution is 7.98. The highest BCUT2D eigenvalue weighted by Crippen LogP contribution is 2.21. The lowest BCUT2D eigenvalue weighted by Gasteiger charge is -2.20.